The number of methoxy groups -OCH3 is 1. The van der Waals surface area contributed by atoms with Gasteiger partial charge in [-0.25, -0.2) is 8.42 Å². The lowest BCUT2D eigenvalue weighted by molar-refractivity contribution is -0.130. The Morgan fingerprint density at radius 1 is 1.04 bits per heavy atom. The highest BCUT2D eigenvalue weighted by Crippen LogP contribution is 2.22. The maximum Gasteiger partial charge on any atom is 0.232 e. The molecule has 27 heavy (non-hydrogen) atoms. The van der Waals surface area contributed by atoms with Crippen LogP contribution in [0.3, 0.4) is 0 Å². The van der Waals surface area contributed by atoms with Gasteiger partial charge >= 0.3 is 0 Å². The van der Waals surface area contributed by atoms with E-state index < -0.39 is 10.0 Å². The molecule has 0 spiro atoms. The molecule has 0 N–H and O–H groups in total. The topological polar surface area (TPSA) is 66.9 Å². The van der Waals surface area contributed by atoms with Gasteiger partial charge in [-0.15, -0.1) is 0 Å². The van der Waals surface area contributed by atoms with Crippen molar-refractivity contribution < 1.29 is 17.9 Å². The van der Waals surface area contributed by atoms with Crippen LogP contribution < -0.4 is 9.04 Å². The van der Waals surface area contributed by atoms with Crippen molar-refractivity contribution in [1.29, 1.82) is 0 Å². The van der Waals surface area contributed by atoms with Crippen LogP contribution in [0.15, 0.2) is 54.6 Å². The van der Waals surface area contributed by atoms with Crippen LogP contribution in [0.2, 0.25) is 0 Å². The highest BCUT2D eigenvalue weighted by atomic mass is 32.2. The lowest BCUT2D eigenvalue weighted by Crippen LogP contribution is -2.32. The van der Waals surface area contributed by atoms with E-state index in [9.17, 15) is 13.2 Å². The number of rotatable bonds is 9. The monoisotopic (exact) mass is 390 g/mol. The molecule has 0 fully saturated rings. The number of carbonyl (C=O) groups is 1. The second-order valence-corrected chi connectivity index (χ2v) is 8.28. The maximum absolute atomic E-state index is 12.3. The molecule has 0 bridgehead atoms. The van der Waals surface area contributed by atoms with Crippen LogP contribution in [0, 0.1) is 0 Å². The third-order valence-corrected chi connectivity index (χ3v) is 5.39. The molecule has 0 aliphatic carbocycles. The number of amides is 1. The summed E-state index contributed by atoms with van der Waals surface area (Å²) >= 11 is 0. The average Bonchev–Trinajstić information content (AvgIpc) is 2.65. The van der Waals surface area contributed by atoms with E-state index in [1.54, 1.807) is 43.3 Å². The van der Waals surface area contributed by atoms with Gasteiger partial charge in [-0.1, -0.05) is 30.3 Å². The van der Waals surface area contributed by atoms with Crippen LogP contribution in [0.5, 0.6) is 5.75 Å². The van der Waals surface area contributed by atoms with Crippen molar-refractivity contribution in [1.82, 2.24) is 4.90 Å². The SMILES string of the molecule is COc1ccc(N(CCCC(=O)N(C)Cc2ccccc2)S(C)(=O)=O)cc1. The molecule has 0 saturated heterocycles. The number of ether oxygens (including phenoxy) is 1. The van der Waals surface area contributed by atoms with E-state index in [4.69, 9.17) is 4.74 Å². The van der Waals surface area contributed by atoms with Crippen LogP contribution >= 0.6 is 0 Å². The van der Waals surface area contributed by atoms with Crippen molar-refractivity contribution in [2.75, 3.05) is 31.3 Å². The summed E-state index contributed by atoms with van der Waals surface area (Å²) in [6, 6.07) is 16.6. The van der Waals surface area contributed by atoms with E-state index in [0.29, 0.717) is 24.4 Å². The minimum Gasteiger partial charge on any atom is -0.497 e. The first-order chi connectivity index (χ1) is 12.8. The van der Waals surface area contributed by atoms with Crippen LogP contribution in [0.4, 0.5) is 5.69 Å². The largest absolute Gasteiger partial charge is 0.497 e. The first-order valence-electron chi connectivity index (χ1n) is 8.71. The van der Waals surface area contributed by atoms with Gasteiger partial charge in [0.15, 0.2) is 0 Å². The fourth-order valence-electron chi connectivity index (χ4n) is 2.75. The second kappa shape index (κ2) is 9.41. The molecule has 2 aromatic carbocycles. The number of hydrogen-bond acceptors (Lipinski definition) is 4. The molecule has 7 heteroatoms. The quantitative estimate of drug-likeness (QED) is 0.660. The molecule has 0 aliphatic heterocycles. The fraction of sp³-hybridized carbons (Fsp3) is 0.350. The third kappa shape index (κ3) is 6.29. The molecule has 146 valence electrons. The summed E-state index contributed by atoms with van der Waals surface area (Å²) in [7, 11) is -0.123. The van der Waals surface area contributed by atoms with Crippen LogP contribution in [0.25, 0.3) is 0 Å². The van der Waals surface area contributed by atoms with Crippen molar-refractivity contribution in [3.8, 4) is 5.75 Å². The predicted molar refractivity (Wildman–Crippen MR) is 107 cm³/mol. The Hall–Kier alpha value is -2.54. The zero-order chi connectivity index (χ0) is 19.9. The summed E-state index contributed by atoms with van der Waals surface area (Å²) < 4.78 is 30.7. The highest BCUT2D eigenvalue weighted by Gasteiger charge is 2.18. The van der Waals surface area contributed by atoms with Gasteiger partial charge in [0.1, 0.15) is 5.75 Å². The number of hydrogen-bond donors (Lipinski definition) is 0. The second-order valence-electron chi connectivity index (χ2n) is 6.37. The lowest BCUT2D eigenvalue weighted by atomic mass is 10.2. The number of sulfonamides is 1. The Balaban J connectivity index is 1.93. The normalized spacial score (nSPS) is 11.1. The Morgan fingerprint density at radius 3 is 2.22 bits per heavy atom. The van der Waals surface area contributed by atoms with Crippen LogP contribution in [-0.2, 0) is 21.4 Å². The van der Waals surface area contributed by atoms with Gasteiger partial charge in [0.25, 0.3) is 0 Å². The first kappa shape index (κ1) is 20.8. The van der Waals surface area contributed by atoms with E-state index in [1.165, 1.54) is 10.6 Å². The van der Waals surface area contributed by atoms with Crippen molar-refractivity contribution in [2.24, 2.45) is 0 Å². The van der Waals surface area contributed by atoms with Crippen molar-refractivity contribution in [3.63, 3.8) is 0 Å². The summed E-state index contributed by atoms with van der Waals surface area (Å²) in [5.41, 5.74) is 1.62. The van der Waals surface area contributed by atoms with Crippen LogP contribution in [0.1, 0.15) is 18.4 Å². The molecule has 0 atom stereocenters. The molecule has 0 saturated carbocycles. The van der Waals surface area contributed by atoms with Gasteiger partial charge in [0.2, 0.25) is 15.9 Å². The van der Waals surface area contributed by atoms with E-state index >= 15 is 0 Å². The van der Waals surface area contributed by atoms with E-state index in [-0.39, 0.29) is 18.9 Å². The smallest absolute Gasteiger partial charge is 0.232 e. The molecule has 6 nitrogen and oxygen atoms in total. The van der Waals surface area contributed by atoms with Crippen molar-refractivity contribution in [2.45, 2.75) is 19.4 Å². The van der Waals surface area contributed by atoms with E-state index in [2.05, 4.69) is 0 Å². The number of anilines is 1. The summed E-state index contributed by atoms with van der Waals surface area (Å²) in [4.78, 5) is 14.0. The molecule has 2 rings (SSSR count). The fourth-order valence-corrected chi connectivity index (χ4v) is 3.71. The zero-order valence-corrected chi connectivity index (χ0v) is 16.8. The third-order valence-electron chi connectivity index (χ3n) is 4.20. The molecular weight excluding hydrogens is 364 g/mol. The Bertz CT molecular complexity index is 836. The van der Waals surface area contributed by atoms with E-state index in [1.807, 2.05) is 30.3 Å². The molecule has 0 radical (unpaired) electrons. The summed E-state index contributed by atoms with van der Waals surface area (Å²) in [5.74, 6) is 0.645. The number of benzene rings is 2. The minimum absolute atomic E-state index is 0.0120. The van der Waals surface area contributed by atoms with Crippen molar-refractivity contribution >= 4 is 21.6 Å². The molecule has 0 aromatic heterocycles. The molecule has 0 unspecified atom stereocenters. The Morgan fingerprint density at radius 2 is 1.67 bits per heavy atom. The molecule has 1 amide bonds. The molecule has 0 heterocycles. The summed E-state index contributed by atoms with van der Waals surface area (Å²) in [6.07, 6.45) is 1.89. The standard InChI is InChI=1S/C20H26N2O4S/c1-21(16-17-8-5-4-6-9-17)20(23)10-7-15-22(27(3,24)25)18-11-13-19(26-2)14-12-18/h4-6,8-9,11-14H,7,10,15-16H2,1-3H3. The average molecular weight is 391 g/mol. The van der Waals surface area contributed by atoms with Gasteiger partial charge in [0, 0.05) is 26.6 Å². The van der Waals surface area contributed by atoms with Gasteiger partial charge < -0.3 is 9.64 Å². The zero-order valence-electron chi connectivity index (χ0n) is 16.0. The lowest BCUT2D eigenvalue weighted by Gasteiger charge is -2.23. The Labute approximate surface area is 161 Å². The summed E-state index contributed by atoms with van der Waals surface area (Å²) in [6.45, 7) is 0.782. The van der Waals surface area contributed by atoms with Gasteiger partial charge in [0.05, 0.1) is 19.1 Å². The number of nitrogens with zero attached hydrogens (tertiary/aromatic N) is 2. The van der Waals surface area contributed by atoms with Crippen molar-refractivity contribution in [3.05, 3.63) is 60.2 Å². The molecular formula is C20H26N2O4S. The number of carbonyl (C=O) groups excluding carboxylic acids is 1. The maximum atomic E-state index is 12.3. The minimum atomic E-state index is -3.44. The van der Waals surface area contributed by atoms with Gasteiger partial charge in [-0.05, 0) is 36.2 Å². The van der Waals surface area contributed by atoms with Crippen LogP contribution in [-0.4, -0.2) is 46.2 Å². The molecule has 0 aliphatic rings. The van der Waals surface area contributed by atoms with E-state index in [0.717, 1.165) is 5.56 Å². The van der Waals surface area contributed by atoms with Gasteiger partial charge in [-0.3, -0.25) is 9.10 Å². The predicted octanol–water partition coefficient (Wildman–Crippen LogP) is 2.90. The highest BCUT2D eigenvalue weighted by molar-refractivity contribution is 7.92. The molecule has 2 aromatic rings. The van der Waals surface area contributed by atoms with Gasteiger partial charge in [-0.2, -0.15) is 0 Å². The first-order valence-corrected chi connectivity index (χ1v) is 10.6. The Kier molecular flexibility index (Phi) is 7.24. The summed E-state index contributed by atoms with van der Waals surface area (Å²) in [5, 5.41) is 0.